The molecule has 6 nitrogen and oxygen atoms in total. The van der Waals surface area contributed by atoms with Crippen molar-refractivity contribution < 1.29 is 9.53 Å². The zero-order valence-electron chi connectivity index (χ0n) is 17.6. The summed E-state index contributed by atoms with van der Waals surface area (Å²) in [6.07, 6.45) is 4.03. The molecule has 1 aliphatic heterocycles. The topological polar surface area (TPSA) is 57.2 Å². The first-order chi connectivity index (χ1) is 14.0. The summed E-state index contributed by atoms with van der Waals surface area (Å²) < 4.78 is 5.53. The maximum atomic E-state index is 12.6. The molecule has 0 radical (unpaired) electrons. The van der Waals surface area contributed by atoms with Gasteiger partial charge in [-0.25, -0.2) is 0 Å². The highest BCUT2D eigenvalue weighted by atomic mass is 35.5. The Bertz CT molecular complexity index is 713. The first kappa shape index (κ1) is 21.9. The lowest BCUT2D eigenvalue weighted by Gasteiger charge is -2.37. The Labute approximate surface area is 179 Å². The van der Waals surface area contributed by atoms with Gasteiger partial charge in [0.05, 0.1) is 6.42 Å². The monoisotopic (exact) mass is 420 g/mol. The van der Waals surface area contributed by atoms with E-state index in [2.05, 4.69) is 15.2 Å². The van der Waals surface area contributed by atoms with Gasteiger partial charge in [0.15, 0.2) is 5.96 Å². The van der Waals surface area contributed by atoms with Crippen molar-refractivity contribution in [1.29, 1.82) is 0 Å². The SMILES string of the molecule is CCOCCC1(CNC(=NC)N2CCN(C(=O)Cc3cccc(Cl)c3)CC2)CC1. The van der Waals surface area contributed by atoms with Gasteiger partial charge in [0.2, 0.25) is 5.91 Å². The van der Waals surface area contributed by atoms with Crippen molar-refractivity contribution in [1.82, 2.24) is 15.1 Å². The molecule has 2 fully saturated rings. The Kier molecular flexibility index (Phi) is 7.78. The van der Waals surface area contributed by atoms with Crippen molar-refractivity contribution >= 4 is 23.5 Å². The molecule has 1 amide bonds. The van der Waals surface area contributed by atoms with Crippen LogP contribution in [0, 0.1) is 5.41 Å². The molecule has 29 heavy (non-hydrogen) atoms. The van der Waals surface area contributed by atoms with E-state index in [1.807, 2.05) is 43.1 Å². The zero-order chi connectivity index (χ0) is 20.7. The van der Waals surface area contributed by atoms with Gasteiger partial charge in [0.25, 0.3) is 0 Å². The third-order valence-electron chi connectivity index (χ3n) is 5.95. The van der Waals surface area contributed by atoms with Gasteiger partial charge in [-0.15, -0.1) is 0 Å². The van der Waals surface area contributed by atoms with Crippen LogP contribution >= 0.6 is 11.6 Å². The minimum Gasteiger partial charge on any atom is -0.382 e. The maximum absolute atomic E-state index is 12.6. The summed E-state index contributed by atoms with van der Waals surface area (Å²) in [4.78, 5) is 21.3. The zero-order valence-corrected chi connectivity index (χ0v) is 18.4. The van der Waals surface area contributed by atoms with Crippen molar-refractivity contribution in [2.24, 2.45) is 10.4 Å². The lowest BCUT2D eigenvalue weighted by Crippen LogP contribution is -2.54. The number of aliphatic imine (C=N–C) groups is 1. The molecule has 1 saturated heterocycles. The smallest absolute Gasteiger partial charge is 0.227 e. The van der Waals surface area contributed by atoms with Crippen LogP contribution in [0.4, 0.5) is 0 Å². The molecule has 0 atom stereocenters. The Morgan fingerprint density at radius 3 is 2.59 bits per heavy atom. The number of carbonyl (C=O) groups excluding carboxylic acids is 1. The number of nitrogens with zero attached hydrogens (tertiary/aromatic N) is 3. The van der Waals surface area contributed by atoms with E-state index in [1.165, 1.54) is 12.8 Å². The highest BCUT2D eigenvalue weighted by Crippen LogP contribution is 2.48. The van der Waals surface area contributed by atoms with E-state index in [9.17, 15) is 4.79 Å². The van der Waals surface area contributed by atoms with Gasteiger partial charge < -0.3 is 19.9 Å². The van der Waals surface area contributed by atoms with E-state index in [0.717, 1.165) is 63.9 Å². The van der Waals surface area contributed by atoms with Crippen molar-refractivity contribution in [3.8, 4) is 0 Å². The molecule has 3 rings (SSSR count). The molecule has 0 unspecified atom stereocenters. The van der Waals surface area contributed by atoms with Gasteiger partial charge >= 0.3 is 0 Å². The Morgan fingerprint density at radius 2 is 1.97 bits per heavy atom. The summed E-state index contributed by atoms with van der Waals surface area (Å²) in [5.41, 5.74) is 1.34. The quantitative estimate of drug-likeness (QED) is 0.399. The van der Waals surface area contributed by atoms with Crippen LogP contribution in [-0.2, 0) is 16.0 Å². The second kappa shape index (κ2) is 10.3. The number of hydrogen-bond donors (Lipinski definition) is 1. The molecule has 1 saturated carbocycles. The number of benzene rings is 1. The molecule has 2 aliphatic rings. The number of ether oxygens (including phenoxy) is 1. The standard InChI is InChI=1S/C22H33ClN4O2/c1-3-29-14-9-22(7-8-22)17-25-21(24-2)27-12-10-26(11-13-27)20(28)16-18-5-4-6-19(23)15-18/h4-6,15H,3,7-14,16-17H2,1-2H3,(H,24,25). The molecular formula is C22H33ClN4O2. The van der Waals surface area contributed by atoms with E-state index in [0.29, 0.717) is 16.9 Å². The van der Waals surface area contributed by atoms with E-state index in [-0.39, 0.29) is 5.91 Å². The fourth-order valence-electron chi connectivity index (χ4n) is 3.82. The van der Waals surface area contributed by atoms with Crippen LogP contribution in [-0.4, -0.2) is 74.7 Å². The number of amides is 1. The number of carbonyl (C=O) groups is 1. The van der Waals surface area contributed by atoms with Gasteiger partial charge in [-0.3, -0.25) is 9.79 Å². The number of nitrogens with one attached hydrogen (secondary N) is 1. The summed E-state index contributed by atoms with van der Waals surface area (Å²) >= 11 is 6.03. The van der Waals surface area contributed by atoms with Crippen molar-refractivity contribution in [2.45, 2.75) is 32.6 Å². The molecule has 7 heteroatoms. The molecule has 0 bridgehead atoms. The molecule has 1 heterocycles. The van der Waals surface area contributed by atoms with Gasteiger partial charge in [-0.1, -0.05) is 23.7 Å². The first-order valence-electron chi connectivity index (χ1n) is 10.6. The minimum atomic E-state index is 0.155. The number of guanidine groups is 1. The minimum absolute atomic E-state index is 0.155. The second-order valence-electron chi connectivity index (χ2n) is 8.02. The molecular weight excluding hydrogens is 388 g/mol. The van der Waals surface area contributed by atoms with E-state index >= 15 is 0 Å². The van der Waals surface area contributed by atoms with E-state index < -0.39 is 0 Å². The maximum Gasteiger partial charge on any atom is 0.227 e. The summed E-state index contributed by atoms with van der Waals surface area (Å²) in [5, 5.41) is 4.23. The molecule has 1 aromatic rings. The highest BCUT2D eigenvalue weighted by molar-refractivity contribution is 6.30. The molecule has 1 aliphatic carbocycles. The van der Waals surface area contributed by atoms with Crippen LogP contribution < -0.4 is 5.32 Å². The van der Waals surface area contributed by atoms with Gasteiger partial charge in [0, 0.05) is 58.0 Å². The number of rotatable bonds is 8. The summed E-state index contributed by atoms with van der Waals surface area (Å²) in [7, 11) is 1.83. The Hall–Kier alpha value is -1.79. The third-order valence-corrected chi connectivity index (χ3v) is 6.18. The van der Waals surface area contributed by atoms with Crippen LogP contribution in [0.15, 0.2) is 29.3 Å². The average Bonchev–Trinajstić information content (AvgIpc) is 3.49. The van der Waals surface area contributed by atoms with Gasteiger partial charge in [0.1, 0.15) is 0 Å². The summed E-state index contributed by atoms with van der Waals surface area (Å²) in [6.45, 7) is 7.64. The number of piperazine rings is 1. The third kappa shape index (κ3) is 6.34. The fourth-order valence-corrected chi connectivity index (χ4v) is 4.04. The summed E-state index contributed by atoms with van der Waals surface area (Å²) in [5.74, 6) is 1.09. The van der Waals surface area contributed by atoms with Crippen LogP contribution in [0.5, 0.6) is 0 Å². The highest BCUT2D eigenvalue weighted by Gasteiger charge is 2.42. The largest absolute Gasteiger partial charge is 0.382 e. The lowest BCUT2D eigenvalue weighted by atomic mass is 10.0. The predicted octanol–water partition coefficient (Wildman–Crippen LogP) is 2.81. The first-order valence-corrected chi connectivity index (χ1v) is 11.0. The number of halogens is 1. The van der Waals surface area contributed by atoms with Crippen LogP contribution in [0.3, 0.4) is 0 Å². The van der Waals surface area contributed by atoms with Gasteiger partial charge in [-0.05, 0) is 49.3 Å². The van der Waals surface area contributed by atoms with Gasteiger partial charge in [-0.2, -0.15) is 0 Å². The molecule has 1 aromatic carbocycles. The average molecular weight is 421 g/mol. The van der Waals surface area contributed by atoms with Crippen molar-refractivity contribution in [3.05, 3.63) is 34.9 Å². The van der Waals surface area contributed by atoms with E-state index in [1.54, 1.807) is 0 Å². The van der Waals surface area contributed by atoms with Crippen molar-refractivity contribution in [2.75, 3.05) is 53.0 Å². The van der Waals surface area contributed by atoms with Crippen molar-refractivity contribution in [3.63, 3.8) is 0 Å². The van der Waals surface area contributed by atoms with Crippen LogP contribution in [0.2, 0.25) is 5.02 Å². The predicted molar refractivity (Wildman–Crippen MR) is 117 cm³/mol. The molecule has 0 aromatic heterocycles. The Balaban J connectivity index is 1.43. The van der Waals surface area contributed by atoms with E-state index in [4.69, 9.17) is 16.3 Å². The van der Waals surface area contributed by atoms with Crippen LogP contribution in [0.1, 0.15) is 31.7 Å². The normalized spacial score (nSPS) is 18.7. The molecule has 0 spiro atoms. The lowest BCUT2D eigenvalue weighted by molar-refractivity contribution is -0.131. The number of hydrogen-bond acceptors (Lipinski definition) is 3. The van der Waals surface area contributed by atoms with Crippen LogP contribution in [0.25, 0.3) is 0 Å². The molecule has 160 valence electrons. The Morgan fingerprint density at radius 1 is 1.24 bits per heavy atom. The fraction of sp³-hybridized carbons (Fsp3) is 0.636. The molecule has 1 N–H and O–H groups in total. The summed E-state index contributed by atoms with van der Waals surface area (Å²) in [6, 6.07) is 7.53. The second-order valence-corrected chi connectivity index (χ2v) is 8.46.